The molecule has 1 heterocycles. The van der Waals surface area contributed by atoms with Gasteiger partial charge in [0.05, 0.1) is 5.25 Å². The van der Waals surface area contributed by atoms with E-state index in [0.717, 1.165) is 10.5 Å². The van der Waals surface area contributed by atoms with Crippen molar-refractivity contribution >= 4 is 29.5 Å². The number of imide groups is 1. The number of hydrogen-bond acceptors (Lipinski definition) is 5. The number of ether oxygens (including phenoxy) is 1. The second-order valence-corrected chi connectivity index (χ2v) is 6.40. The van der Waals surface area contributed by atoms with Gasteiger partial charge in [0.15, 0.2) is 0 Å². The van der Waals surface area contributed by atoms with Gasteiger partial charge in [0.25, 0.3) is 0 Å². The lowest BCUT2D eigenvalue weighted by Crippen LogP contribution is -2.28. The SMILES string of the molecule is CC(SC1CC(=O)N(C)C1=O)C(=O)OCc1ccccc1. The second kappa shape index (κ2) is 6.76. The van der Waals surface area contributed by atoms with Crippen molar-refractivity contribution in [3.05, 3.63) is 35.9 Å². The van der Waals surface area contributed by atoms with E-state index in [4.69, 9.17) is 4.74 Å². The Bertz CT molecular complexity index is 546. The summed E-state index contributed by atoms with van der Waals surface area (Å²) in [6, 6.07) is 9.39. The molecule has 1 aliphatic rings. The van der Waals surface area contributed by atoms with Gasteiger partial charge in [-0.1, -0.05) is 30.3 Å². The molecule has 1 aromatic carbocycles. The van der Waals surface area contributed by atoms with E-state index in [1.807, 2.05) is 30.3 Å². The Morgan fingerprint density at radius 3 is 2.62 bits per heavy atom. The topological polar surface area (TPSA) is 63.7 Å². The first-order valence-corrected chi connectivity index (χ1v) is 7.59. The first-order valence-electron chi connectivity index (χ1n) is 6.65. The Labute approximate surface area is 127 Å². The number of hydrogen-bond donors (Lipinski definition) is 0. The summed E-state index contributed by atoms with van der Waals surface area (Å²) < 4.78 is 5.22. The Morgan fingerprint density at radius 1 is 1.38 bits per heavy atom. The summed E-state index contributed by atoms with van der Waals surface area (Å²) in [5.74, 6) is -0.825. The highest BCUT2D eigenvalue weighted by Gasteiger charge is 2.38. The molecule has 0 N–H and O–H groups in total. The van der Waals surface area contributed by atoms with Crippen LogP contribution in [-0.4, -0.2) is 40.2 Å². The normalized spacial score (nSPS) is 19.7. The number of amides is 2. The van der Waals surface area contributed by atoms with E-state index in [2.05, 4.69) is 0 Å². The lowest BCUT2D eigenvalue weighted by Gasteiger charge is -2.14. The number of benzene rings is 1. The van der Waals surface area contributed by atoms with Crippen LogP contribution in [0.25, 0.3) is 0 Å². The van der Waals surface area contributed by atoms with Gasteiger partial charge < -0.3 is 4.74 Å². The zero-order valence-corrected chi connectivity index (χ0v) is 12.8. The van der Waals surface area contributed by atoms with Crippen LogP contribution in [0.3, 0.4) is 0 Å². The van der Waals surface area contributed by atoms with Gasteiger partial charge in [0, 0.05) is 13.5 Å². The molecular weight excluding hydrogens is 290 g/mol. The van der Waals surface area contributed by atoms with Gasteiger partial charge in [0.1, 0.15) is 11.9 Å². The minimum Gasteiger partial charge on any atom is -0.460 e. The molecule has 1 saturated heterocycles. The van der Waals surface area contributed by atoms with Gasteiger partial charge in [-0.3, -0.25) is 19.3 Å². The van der Waals surface area contributed by atoms with Crippen molar-refractivity contribution in [3.63, 3.8) is 0 Å². The minimum absolute atomic E-state index is 0.149. The maximum Gasteiger partial charge on any atom is 0.319 e. The maximum atomic E-state index is 11.9. The Kier molecular flexibility index (Phi) is 5.01. The van der Waals surface area contributed by atoms with Gasteiger partial charge in [-0.25, -0.2) is 0 Å². The molecule has 2 atom stereocenters. The average molecular weight is 307 g/mol. The molecule has 0 spiro atoms. The van der Waals surface area contributed by atoms with Crippen LogP contribution in [0.4, 0.5) is 0 Å². The number of thioether (sulfide) groups is 1. The highest BCUT2D eigenvalue weighted by molar-refractivity contribution is 8.01. The number of likely N-dealkylation sites (tertiary alicyclic amines) is 1. The fourth-order valence-electron chi connectivity index (χ4n) is 1.98. The fraction of sp³-hybridized carbons (Fsp3) is 0.400. The molecule has 2 rings (SSSR count). The Morgan fingerprint density at radius 2 is 2.05 bits per heavy atom. The highest BCUT2D eigenvalue weighted by atomic mass is 32.2. The molecule has 0 saturated carbocycles. The van der Waals surface area contributed by atoms with Crippen LogP contribution in [0.2, 0.25) is 0 Å². The van der Waals surface area contributed by atoms with Gasteiger partial charge in [0.2, 0.25) is 11.8 Å². The lowest BCUT2D eigenvalue weighted by atomic mass is 10.2. The molecule has 2 amide bonds. The third-order valence-electron chi connectivity index (χ3n) is 3.26. The van der Waals surface area contributed by atoms with Crippen LogP contribution in [0.5, 0.6) is 0 Å². The van der Waals surface area contributed by atoms with Gasteiger partial charge >= 0.3 is 5.97 Å². The summed E-state index contributed by atoms with van der Waals surface area (Å²) in [5, 5.41) is -0.969. The molecule has 1 fully saturated rings. The predicted molar refractivity (Wildman–Crippen MR) is 79.5 cm³/mol. The lowest BCUT2D eigenvalue weighted by molar-refractivity contribution is -0.144. The van der Waals surface area contributed by atoms with Crippen molar-refractivity contribution in [3.8, 4) is 0 Å². The van der Waals surface area contributed by atoms with E-state index in [-0.39, 0.29) is 30.8 Å². The number of rotatable bonds is 5. The molecule has 21 heavy (non-hydrogen) atoms. The first kappa shape index (κ1) is 15.6. The quantitative estimate of drug-likeness (QED) is 0.611. The molecule has 5 nitrogen and oxygen atoms in total. The smallest absolute Gasteiger partial charge is 0.319 e. The molecule has 0 aromatic heterocycles. The van der Waals surface area contributed by atoms with Crippen LogP contribution >= 0.6 is 11.8 Å². The number of nitrogens with zero attached hydrogens (tertiary/aromatic N) is 1. The fourth-order valence-corrected chi connectivity index (χ4v) is 3.16. The van der Waals surface area contributed by atoms with E-state index in [1.54, 1.807) is 6.92 Å². The van der Waals surface area contributed by atoms with E-state index < -0.39 is 10.5 Å². The van der Waals surface area contributed by atoms with Crippen LogP contribution < -0.4 is 0 Å². The predicted octanol–water partition coefficient (Wildman–Crippen LogP) is 1.61. The zero-order valence-electron chi connectivity index (χ0n) is 11.9. The second-order valence-electron chi connectivity index (χ2n) is 4.86. The van der Waals surface area contributed by atoms with Crippen LogP contribution in [0.15, 0.2) is 30.3 Å². The molecule has 1 aromatic rings. The summed E-state index contributed by atoms with van der Waals surface area (Å²) in [7, 11) is 1.46. The van der Waals surface area contributed by atoms with E-state index in [1.165, 1.54) is 18.8 Å². The Hall–Kier alpha value is -1.82. The molecule has 0 bridgehead atoms. The van der Waals surface area contributed by atoms with E-state index in [9.17, 15) is 14.4 Å². The summed E-state index contributed by atoms with van der Waals surface area (Å²) in [4.78, 5) is 36.2. The van der Waals surface area contributed by atoms with Crippen molar-refractivity contribution in [2.75, 3.05) is 7.05 Å². The third-order valence-corrected chi connectivity index (χ3v) is 4.56. The summed E-state index contributed by atoms with van der Waals surface area (Å²) in [6.45, 7) is 1.90. The van der Waals surface area contributed by atoms with Crippen molar-refractivity contribution in [2.24, 2.45) is 0 Å². The van der Waals surface area contributed by atoms with Crippen LogP contribution in [-0.2, 0) is 25.7 Å². The molecule has 112 valence electrons. The van der Waals surface area contributed by atoms with Crippen molar-refractivity contribution in [1.82, 2.24) is 4.90 Å². The number of carbonyl (C=O) groups is 3. The number of esters is 1. The molecular formula is C15H17NO4S. The summed E-state index contributed by atoms with van der Waals surface area (Å²) in [5.41, 5.74) is 0.912. The monoisotopic (exact) mass is 307 g/mol. The van der Waals surface area contributed by atoms with E-state index in [0.29, 0.717) is 0 Å². The summed E-state index contributed by atoms with van der Waals surface area (Å²) in [6.07, 6.45) is 0.149. The molecule has 0 aliphatic carbocycles. The van der Waals surface area contributed by atoms with Crippen molar-refractivity contribution < 1.29 is 19.1 Å². The minimum atomic E-state index is -0.484. The van der Waals surface area contributed by atoms with Crippen molar-refractivity contribution in [1.29, 1.82) is 0 Å². The van der Waals surface area contributed by atoms with Gasteiger partial charge in [-0.15, -0.1) is 11.8 Å². The van der Waals surface area contributed by atoms with Gasteiger partial charge in [-0.2, -0.15) is 0 Å². The highest BCUT2D eigenvalue weighted by Crippen LogP contribution is 2.28. The number of carbonyl (C=O) groups excluding carboxylic acids is 3. The molecule has 0 radical (unpaired) electrons. The standard InChI is InChI=1S/C15H17NO4S/c1-10(21-12-8-13(17)16(2)14(12)18)15(19)20-9-11-6-4-3-5-7-11/h3-7,10,12H,8-9H2,1-2H3. The molecule has 6 heteroatoms. The van der Waals surface area contributed by atoms with Crippen molar-refractivity contribution in [2.45, 2.75) is 30.5 Å². The van der Waals surface area contributed by atoms with E-state index >= 15 is 0 Å². The first-order chi connectivity index (χ1) is 9.99. The molecule has 2 unspecified atom stereocenters. The largest absolute Gasteiger partial charge is 0.460 e. The maximum absolute atomic E-state index is 11.9. The Balaban J connectivity index is 1.83. The molecule has 1 aliphatic heterocycles. The summed E-state index contributed by atoms with van der Waals surface area (Å²) >= 11 is 1.18. The van der Waals surface area contributed by atoms with Crippen LogP contribution in [0.1, 0.15) is 18.9 Å². The van der Waals surface area contributed by atoms with Gasteiger partial charge in [-0.05, 0) is 12.5 Å². The van der Waals surface area contributed by atoms with Crippen LogP contribution in [0, 0.1) is 0 Å². The third kappa shape index (κ3) is 3.85. The zero-order chi connectivity index (χ0) is 15.4. The average Bonchev–Trinajstić information content (AvgIpc) is 2.73.